The van der Waals surface area contributed by atoms with Crippen LogP contribution in [0.5, 0.6) is 5.75 Å². The number of aryl methyl sites for hydroxylation is 2. The Hall–Kier alpha value is -3.56. The number of aromatic nitrogens is 2. The first kappa shape index (κ1) is 23.1. The summed E-state index contributed by atoms with van der Waals surface area (Å²) in [5.41, 5.74) is 1.29. The number of rotatable bonds is 9. The van der Waals surface area contributed by atoms with E-state index < -0.39 is 11.7 Å². The molecular formula is C22H23F3N4O3. The molecule has 10 heteroatoms. The Morgan fingerprint density at radius 3 is 2.62 bits per heavy atom. The number of hydrogen-bond donors (Lipinski definition) is 2. The van der Waals surface area contributed by atoms with Crippen LogP contribution in [0.25, 0.3) is 0 Å². The highest BCUT2D eigenvalue weighted by molar-refractivity contribution is 5.94. The molecule has 0 saturated heterocycles. The average molecular weight is 448 g/mol. The van der Waals surface area contributed by atoms with Crippen LogP contribution in [-0.2, 0) is 12.8 Å². The largest absolute Gasteiger partial charge is 0.489 e. The van der Waals surface area contributed by atoms with E-state index in [1.807, 2.05) is 13.8 Å². The van der Waals surface area contributed by atoms with Gasteiger partial charge < -0.3 is 19.9 Å². The lowest BCUT2D eigenvalue weighted by molar-refractivity contribution is -0.137. The molecule has 2 aromatic heterocycles. The molecule has 0 saturated carbocycles. The van der Waals surface area contributed by atoms with Crippen LogP contribution in [0.3, 0.4) is 0 Å². The third kappa shape index (κ3) is 6.22. The summed E-state index contributed by atoms with van der Waals surface area (Å²) in [5, 5.41) is 9.61. The molecule has 2 N–H and O–H groups in total. The molecule has 0 aliphatic carbocycles. The van der Waals surface area contributed by atoms with Gasteiger partial charge in [-0.2, -0.15) is 13.2 Å². The molecule has 0 unspecified atom stereocenters. The Kier molecular flexibility index (Phi) is 7.34. The lowest BCUT2D eigenvalue weighted by atomic mass is 10.2. The first-order chi connectivity index (χ1) is 15.2. The van der Waals surface area contributed by atoms with Crippen molar-refractivity contribution in [1.29, 1.82) is 0 Å². The van der Waals surface area contributed by atoms with E-state index in [0.717, 1.165) is 23.5 Å². The maximum absolute atomic E-state index is 12.5. The summed E-state index contributed by atoms with van der Waals surface area (Å²) in [6, 6.07) is 9.07. The molecule has 32 heavy (non-hydrogen) atoms. The molecule has 0 bridgehead atoms. The molecule has 3 rings (SSSR count). The van der Waals surface area contributed by atoms with Crippen molar-refractivity contribution in [3.8, 4) is 5.75 Å². The molecule has 0 aliphatic heterocycles. The van der Waals surface area contributed by atoms with Crippen LogP contribution < -0.4 is 15.4 Å². The number of anilines is 1. The van der Waals surface area contributed by atoms with Crippen molar-refractivity contribution in [3.63, 3.8) is 0 Å². The van der Waals surface area contributed by atoms with Gasteiger partial charge in [0.05, 0.1) is 16.8 Å². The first-order valence-electron chi connectivity index (χ1n) is 9.94. The fraction of sp³-hybridized carbons (Fsp3) is 0.318. The standard InChI is InChI=1S/C22H23F3N4O3/c1-14-19(15(2)32-29-14)13-31-18-6-3-5-16(11-18)21(30)27-10-4-9-26-20-8-7-17(12-28-20)22(23,24)25/h3,5-8,11-12H,4,9-10,13H2,1-2H3,(H,26,28)(H,27,30). The van der Waals surface area contributed by atoms with Gasteiger partial charge in [0.1, 0.15) is 23.9 Å². The van der Waals surface area contributed by atoms with E-state index in [1.54, 1.807) is 24.3 Å². The highest BCUT2D eigenvalue weighted by Crippen LogP contribution is 2.28. The van der Waals surface area contributed by atoms with E-state index in [9.17, 15) is 18.0 Å². The summed E-state index contributed by atoms with van der Waals surface area (Å²) in [7, 11) is 0. The van der Waals surface area contributed by atoms with Gasteiger partial charge in [-0.3, -0.25) is 4.79 Å². The lowest BCUT2D eigenvalue weighted by Crippen LogP contribution is -2.25. The topological polar surface area (TPSA) is 89.3 Å². The van der Waals surface area contributed by atoms with Crippen molar-refractivity contribution in [2.45, 2.75) is 33.1 Å². The monoisotopic (exact) mass is 448 g/mol. The molecule has 0 atom stereocenters. The van der Waals surface area contributed by atoms with Crippen molar-refractivity contribution >= 4 is 11.7 Å². The highest BCUT2D eigenvalue weighted by atomic mass is 19.4. The average Bonchev–Trinajstić information content (AvgIpc) is 3.09. The number of amides is 1. The van der Waals surface area contributed by atoms with E-state index in [-0.39, 0.29) is 12.5 Å². The first-order valence-corrected chi connectivity index (χ1v) is 9.94. The number of nitrogens with one attached hydrogen (secondary N) is 2. The van der Waals surface area contributed by atoms with Crippen molar-refractivity contribution in [1.82, 2.24) is 15.5 Å². The molecular weight excluding hydrogens is 425 g/mol. The van der Waals surface area contributed by atoms with Crippen LogP contribution in [0, 0.1) is 13.8 Å². The molecule has 3 aromatic rings. The molecule has 2 heterocycles. The maximum atomic E-state index is 12.5. The van der Waals surface area contributed by atoms with Crippen molar-refractivity contribution in [2.75, 3.05) is 18.4 Å². The smallest absolute Gasteiger partial charge is 0.417 e. The number of nitrogens with zero attached hydrogens (tertiary/aromatic N) is 2. The zero-order valence-electron chi connectivity index (χ0n) is 17.6. The number of hydrogen-bond acceptors (Lipinski definition) is 6. The van der Waals surface area contributed by atoms with Crippen LogP contribution in [0.15, 0.2) is 47.1 Å². The second-order valence-electron chi connectivity index (χ2n) is 7.09. The fourth-order valence-corrected chi connectivity index (χ4v) is 2.87. The predicted molar refractivity (Wildman–Crippen MR) is 111 cm³/mol. The molecule has 7 nitrogen and oxygen atoms in total. The minimum atomic E-state index is -4.41. The zero-order valence-corrected chi connectivity index (χ0v) is 17.6. The van der Waals surface area contributed by atoms with E-state index in [1.165, 1.54) is 6.07 Å². The van der Waals surface area contributed by atoms with Crippen LogP contribution in [0.4, 0.5) is 19.0 Å². The molecule has 170 valence electrons. The van der Waals surface area contributed by atoms with Gasteiger partial charge in [0.2, 0.25) is 0 Å². The van der Waals surface area contributed by atoms with Crippen molar-refractivity contribution in [3.05, 3.63) is 70.7 Å². The van der Waals surface area contributed by atoms with Gasteiger partial charge in [0.25, 0.3) is 5.91 Å². The summed E-state index contributed by atoms with van der Waals surface area (Å²) < 4.78 is 48.5. The van der Waals surface area contributed by atoms with E-state index >= 15 is 0 Å². The molecule has 0 fully saturated rings. The SMILES string of the molecule is Cc1noc(C)c1COc1cccc(C(=O)NCCCNc2ccc(C(F)(F)F)cn2)c1. The number of halogens is 3. The van der Waals surface area contributed by atoms with Gasteiger partial charge in [0.15, 0.2) is 0 Å². The fourth-order valence-electron chi connectivity index (χ4n) is 2.87. The van der Waals surface area contributed by atoms with Crippen LogP contribution in [0.2, 0.25) is 0 Å². The Bertz CT molecular complexity index is 1030. The third-order valence-electron chi connectivity index (χ3n) is 4.70. The summed E-state index contributed by atoms with van der Waals surface area (Å²) >= 11 is 0. The number of carbonyl (C=O) groups is 1. The lowest BCUT2D eigenvalue weighted by Gasteiger charge is -2.10. The normalized spacial score (nSPS) is 11.3. The van der Waals surface area contributed by atoms with Crippen LogP contribution in [-0.4, -0.2) is 29.1 Å². The van der Waals surface area contributed by atoms with Crippen LogP contribution in [0.1, 0.15) is 39.4 Å². The Morgan fingerprint density at radius 2 is 1.97 bits per heavy atom. The summed E-state index contributed by atoms with van der Waals surface area (Å²) in [4.78, 5) is 16.1. The molecule has 0 aliphatic rings. The summed E-state index contributed by atoms with van der Waals surface area (Å²) in [5.74, 6) is 1.33. The maximum Gasteiger partial charge on any atom is 0.417 e. The Labute approximate surface area is 183 Å². The van der Waals surface area contributed by atoms with Crippen molar-refractivity contribution in [2.24, 2.45) is 0 Å². The second kappa shape index (κ2) is 10.2. The molecule has 1 amide bonds. The quantitative estimate of drug-likeness (QED) is 0.468. The van der Waals surface area contributed by atoms with Gasteiger partial charge in [-0.1, -0.05) is 11.2 Å². The zero-order chi connectivity index (χ0) is 23.1. The van der Waals surface area contributed by atoms with Gasteiger partial charge in [-0.15, -0.1) is 0 Å². The second-order valence-corrected chi connectivity index (χ2v) is 7.09. The number of alkyl halides is 3. The summed E-state index contributed by atoms with van der Waals surface area (Å²) in [6.45, 7) is 4.76. The van der Waals surface area contributed by atoms with Gasteiger partial charge in [-0.05, 0) is 50.6 Å². The number of carbonyl (C=O) groups excluding carboxylic acids is 1. The number of benzene rings is 1. The minimum Gasteiger partial charge on any atom is -0.489 e. The van der Waals surface area contributed by atoms with Gasteiger partial charge >= 0.3 is 6.18 Å². The van der Waals surface area contributed by atoms with E-state index in [2.05, 4.69) is 20.8 Å². The van der Waals surface area contributed by atoms with Crippen LogP contribution >= 0.6 is 0 Å². The summed E-state index contributed by atoms with van der Waals surface area (Å²) in [6.07, 6.45) is -3.06. The van der Waals surface area contributed by atoms with Gasteiger partial charge in [-0.25, -0.2) is 4.98 Å². The highest BCUT2D eigenvalue weighted by Gasteiger charge is 2.30. The minimum absolute atomic E-state index is 0.250. The predicted octanol–water partition coefficient (Wildman–Crippen LogP) is 4.52. The molecule has 0 radical (unpaired) electrons. The molecule has 0 spiro atoms. The number of ether oxygens (including phenoxy) is 1. The van der Waals surface area contributed by atoms with Gasteiger partial charge in [0, 0.05) is 24.8 Å². The van der Waals surface area contributed by atoms with Crippen molar-refractivity contribution < 1.29 is 27.2 Å². The van der Waals surface area contributed by atoms with E-state index in [4.69, 9.17) is 9.26 Å². The third-order valence-corrected chi connectivity index (χ3v) is 4.70. The molecule has 1 aromatic carbocycles. The Balaban J connectivity index is 1.41. The Morgan fingerprint density at radius 1 is 1.16 bits per heavy atom. The number of pyridine rings is 1. The van der Waals surface area contributed by atoms with E-state index in [0.29, 0.717) is 42.4 Å².